The number of carboxylic acids is 4. The zero-order valence-electron chi connectivity index (χ0n) is 28.9. The zero-order chi connectivity index (χ0) is 40.8. The molecule has 0 heterocycles. The predicted octanol–water partition coefficient (Wildman–Crippen LogP) is -0.740. The van der Waals surface area contributed by atoms with E-state index in [1.165, 1.54) is 0 Å². The number of rotatable bonds is 28. The Morgan fingerprint density at radius 2 is 1.39 bits per heavy atom. The topological polar surface area (TPSA) is 329 Å². The smallest absolute Gasteiger partial charge is 0.326 e. The van der Waals surface area contributed by atoms with Crippen molar-refractivity contribution in [3.05, 3.63) is 35.9 Å². The molecule has 298 valence electrons. The number of carbonyl (C=O) groups is 10. The monoisotopic (exact) mass is 784 g/mol. The molecule has 4 amide bonds. The summed E-state index contributed by atoms with van der Waals surface area (Å²) in [7, 11) is 0. The lowest BCUT2D eigenvalue weighted by Crippen LogP contribution is -2.50. The fourth-order valence-corrected chi connectivity index (χ4v) is 5.05. The molecule has 0 fully saturated rings. The van der Waals surface area contributed by atoms with Crippen molar-refractivity contribution in [1.82, 2.24) is 21.3 Å². The molecule has 0 aliphatic heterocycles. The molecule has 0 saturated carbocycles. The van der Waals surface area contributed by atoms with Crippen LogP contribution in [0.15, 0.2) is 30.3 Å². The van der Waals surface area contributed by atoms with Crippen molar-refractivity contribution in [1.29, 1.82) is 0 Å². The van der Waals surface area contributed by atoms with E-state index in [1.807, 2.05) is 0 Å². The molecule has 6 atom stereocenters. The van der Waals surface area contributed by atoms with Crippen LogP contribution in [-0.4, -0.2) is 122 Å². The molecular weight excluding hydrogens is 740 g/mol. The molecule has 0 saturated heterocycles. The number of Topliss-reactive ketones (excluding diaryl/α,β-unsaturated/α-hetero) is 2. The molecule has 0 aliphatic carbocycles. The lowest BCUT2D eigenvalue weighted by Gasteiger charge is -2.22. The standard InChI is InChI=1S/C33H44N4O16S/c38-16-20(34-26(42)9-8-22(31(48)49)36-33(52)37-27(53-17-39)10-11-28(43)44)6-7-21(40)13-19(14-29(45)46)30(47)35-23(12-18-4-2-1-3-5-18)24(41)15-25(54)32(50)51/h1-5,17,19-20,22-23,25,27,38,54H,6-16H2,(H,34,42)(H,35,47)(H,43,44)(H,45,46)(H,48,49)(H,50,51)(H2,36,37,52)/t19-,20-,22-,23-,25+,27+/m0/s1. The highest BCUT2D eigenvalue weighted by atomic mass is 32.1. The largest absolute Gasteiger partial charge is 0.481 e. The normalized spacial score (nSPS) is 14.0. The number of amides is 4. The van der Waals surface area contributed by atoms with Crippen molar-refractivity contribution >= 4 is 72.4 Å². The average Bonchev–Trinajstić information content (AvgIpc) is 3.10. The van der Waals surface area contributed by atoms with Crippen LogP contribution in [0.3, 0.4) is 0 Å². The molecule has 0 aliphatic rings. The molecule has 1 aromatic carbocycles. The Balaban J connectivity index is 2.82. The van der Waals surface area contributed by atoms with Crippen molar-refractivity contribution in [2.75, 3.05) is 6.61 Å². The van der Waals surface area contributed by atoms with E-state index < -0.39 is 134 Å². The first kappa shape index (κ1) is 46.5. The fourth-order valence-electron chi connectivity index (χ4n) is 4.87. The molecule has 21 heteroatoms. The van der Waals surface area contributed by atoms with Crippen molar-refractivity contribution in [3.8, 4) is 0 Å². The Morgan fingerprint density at radius 3 is 1.94 bits per heavy atom. The second kappa shape index (κ2) is 24.6. The fraction of sp³-hybridized carbons (Fsp3) is 0.515. The molecule has 54 heavy (non-hydrogen) atoms. The summed E-state index contributed by atoms with van der Waals surface area (Å²) in [4.78, 5) is 120. The first-order valence-corrected chi connectivity index (χ1v) is 17.0. The Bertz CT molecular complexity index is 1490. The molecular formula is C33H44N4O16S. The lowest BCUT2D eigenvalue weighted by molar-refractivity contribution is -0.142. The van der Waals surface area contributed by atoms with Crippen molar-refractivity contribution < 1.29 is 78.2 Å². The summed E-state index contributed by atoms with van der Waals surface area (Å²) in [5, 5.41) is 54.2. The number of carbonyl (C=O) groups excluding carboxylic acids is 6. The number of ketones is 2. The van der Waals surface area contributed by atoms with Crippen LogP contribution in [-0.2, 0) is 54.3 Å². The number of nitrogens with one attached hydrogen (secondary N) is 4. The van der Waals surface area contributed by atoms with Crippen LogP contribution < -0.4 is 21.3 Å². The maximum absolute atomic E-state index is 13.2. The molecule has 9 N–H and O–H groups in total. The van der Waals surface area contributed by atoms with Gasteiger partial charge in [0.2, 0.25) is 11.8 Å². The summed E-state index contributed by atoms with van der Waals surface area (Å²) in [5.41, 5.74) is 0.606. The molecule has 0 spiro atoms. The van der Waals surface area contributed by atoms with E-state index >= 15 is 0 Å². The highest BCUT2D eigenvalue weighted by Crippen LogP contribution is 2.16. The van der Waals surface area contributed by atoms with E-state index in [-0.39, 0.29) is 32.2 Å². The van der Waals surface area contributed by atoms with Gasteiger partial charge in [-0.15, -0.1) is 0 Å². The molecule has 1 rings (SSSR count). The van der Waals surface area contributed by atoms with Crippen LogP contribution in [0.5, 0.6) is 0 Å². The summed E-state index contributed by atoms with van der Waals surface area (Å²) < 4.78 is 4.56. The molecule has 0 radical (unpaired) electrons. The van der Waals surface area contributed by atoms with Gasteiger partial charge in [-0.1, -0.05) is 30.3 Å². The maximum atomic E-state index is 13.2. The number of aliphatic carboxylic acids is 4. The Labute approximate surface area is 313 Å². The summed E-state index contributed by atoms with van der Waals surface area (Å²) in [6, 6.07) is 3.33. The first-order chi connectivity index (χ1) is 25.4. The number of carboxylic acid groups (broad SMARTS) is 4. The number of benzene rings is 1. The molecule has 0 aromatic heterocycles. The third kappa shape index (κ3) is 19.3. The zero-order valence-corrected chi connectivity index (χ0v) is 29.8. The van der Waals surface area contributed by atoms with Crippen LogP contribution >= 0.6 is 12.6 Å². The number of urea groups is 1. The highest BCUT2D eigenvalue weighted by molar-refractivity contribution is 7.81. The van der Waals surface area contributed by atoms with Gasteiger partial charge in [0, 0.05) is 32.1 Å². The van der Waals surface area contributed by atoms with E-state index in [2.05, 4.69) is 38.6 Å². The summed E-state index contributed by atoms with van der Waals surface area (Å²) in [5.74, 6) is -10.0. The van der Waals surface area contributed by atoms with Gasteiger partial charge in [-0.25, -0.2) is 9.59 Å². The average molecular weight is 785 g/mol. The highest BCUT2D eigenvalue weighted by Gasteiger charge is 2.31. The summed E-state index contributed by atoms with van der Waals surface area (Å²) >= 11 is 3.87. The van der Waals surface area contributed by atoms with Crippen LogP contribution in [0.1, 0.15) is 63.4 Å². The quantitative estimate of drug-likeness (QED) is 0.0284. The third-order valence-electron chi connectivity index (χ3n) is 7.69. The Hall–Kier alpha value is -5.57. The number of aliphatic hydroxyl groups is 1. The van der Waals surface area contributed by atoms with E-state index in [4.69, 9.17) is 10.2 Å². The van der Waals surface area contributed by atoms with Crippen molar-refractivity contribution in [2.24, 2.45) is 5.92 Å². The van der Waals surface area contributed by atoms with Gasteiger partial charge in [0.05, 0.1) is 37.5 Å². The van der Waals surface area contributed by atoms with Gasteiger partial charge in [0.25, 0.3) is 6.47 Å². The van der Waals surface area contributed by atoms with Gasteiger partial charge < -0.3 is 51.5 Å². The number of thiol groups is 1. The van der Waals surface area contributed by atoms with Crippen LogP contribution in [0.25, 0.3) is 0 Å². The van der Waals surface area contributed by atoms with Crippen molar-refractivity contribution in [2.45, 2.75) is 93.8 Å². The second-order valence-electron chi connectivity index (χ2n) is 12.0. The molecule has 20 nitrogen and oxygen atoms in total. The second-order valence-corrected chi connectivity index (χ2v) is 12.6. The SMILES string of the molecule is O=CO[C@H](CCC(=O)O)NC(=O)N[C@@H](CCC(=O)N[C@H](CO)CCC(=O)C[C@@H](CC(=O)O)C(=O)N[C@@H](Cc1ccccc1)C(=O)C[C@@H](S)C(=O)O)C(=O)O. The van der Waals surface area contributed by atoms with Crippen molar-refractivity contribution in [3.63, 3.8) is 0 Å². The minimum absolute atomic E-state index is 0.0403. The maximum Gasteiger partial charge on any atom is 0.326 e. The number of aliphatic hydroxyl groups excluding tert-OH is 1. The minimum atomic E-state index is -1.63. The van der Waals surface area contributed by atoms with E-state index in [0.717, 1.165) is 0 Å². The van der Waals surface area contributed by atoms with Crippen LogP contribution in [0.4, 0.5) is 4.79 Å². The molecule has 1 aromatic rings. The van der Waals surface area contributed by atoms with E-state index in [0.29, 0.717) is 5.56 Å². The number of ether oxygens (including phenoxy) is 1. The first-order valence-electron chi connectivity index (χ1n) is 16.5. The molecule has 0 unspecified atom stereocenters. The van der Waals surface area contributed by atoms with Gasteiger partial charge in [-0.3, -0.25) is 38.4 Å². The molecule has 0 bridgehead atoms. The van der Waals surface area contributed by atoms with Crippen LogP contribution in [0, 0.1) is 5.92 Å². The minimum Gasteiger partial charge on any atom is -0.481 e. The van der Waals surface area contributed by atoms with Crippen LogP contribution in [0.2, 0.25) is 0 Å². The number of hydrogen-bond donors (Lipinski definition) is 10. The predicted molar refractivity (Wildman–Crippen MR) is 186 cm³/mol. The third-order valence-corrected chi connectivity index (χ3v) is 8.09. The van der Waals surface area contributed by atoms with Gasteiger partial charge in [0.1, 0.15) is 17.1 Å². The summed E-state index contributed by atoms with van der Waals surface area (Å²) in [6.45, 7) is -0.706. The lowest BCUT2D eigenvalue weighted by atomic mass is 9.93. The van der Waals surface area contributed by atoms with Gasteiger partial charge in [-0.2, -0.15) is 12.6 Å². The van der Waals surface area contributed by atoms with E-state index in [1.54, 1.807) is 30.3 Å². The van der Waals surface area contributed by atoms with Gasteiger partial charge >= 0.3 is 29.9 Å². The number of hydrogen-bond acceptors (Lipinski definition) is 13. The van der Waals surface area contributed by atoms with E-state index in [9.17, 15) is 63.3 Å². The van der Waals surface area contributed by atoms with Gasteiger partial charge in [0.15, 0.2) is 12.0 Å². The Morgan fingerprint density at radius 1 is 0.722 bits per heavy atom. The van der Waals surface area contributed by atoms with Gasteiger partial charge in [-0.05, 0) is 24.8 Å². The Kier molecular flexibility index (Phi) is 21.2. The summed E-state index contributed by atoms with van der Waals surface area (Å²) in [6.07, 6.45) is -5.63.